The molecule has 0 saturated heterocycles. The zero-order valence-corrected chi connectivity index (χ0v) is 16.8. The molecule has 2 aliphatic heterocycles. The molecule has 0 saturated carbocycles. The Morgan fingerprint density at radius 3 is 2.55 bits per heavy atom. The average Bonchev–Trinajstić information content (AvgIpc) is 3.15. The van der Waals surface area contributed by atoms with Crippen molar-refractivity contribution in [3.05, 3.63) is 77.9 Å². The van der Waals surface area contributed by atoms with E-state index in [4.69, 9.17) is 0 Å². The van der Waals surface area contributed by atoms with Crippen LogP contribution >= 0.6 is 0 Å². The van der Waals surface area contributed by atoms with E-state index in [9.17, 15) is 13.2 Å². The Morgan fingerprint density at radius 2 is 1.69 bits per heavy atom. The normalized spacial score (nSPS) is 16.2. The predicted molar refractivity (Wildman–Crippen MR) is 114 cm³/mol. The summed E-state index contributed by atoms with van der Waals surface area (Å²) in [6.07, 6.45) is 0.785. The Morgan fingerprint density at radius 1 is 0.931 bits per heavy atom. The topological polar surface area (TPSA) is 57.7 Å². The number of carbonyl (C=O) groups is 1. The van der Waals surface area contributed by atoms with Crippen molar-refractivity contribution in [2.24, 2.45) is 0 Å². The van der Waals surface area contributed by atoms with E-state index in [2.05, 4.69) is 0 Å². The fraction of sp³-hybridized carbons (Fsp3) is 0.174. The van der Waals surface area contributed by atoms with Gasteiger partial charge in [0.25, 0.3) is 10.0 Å². The van der Waals surface area contributed by atoms with Crippen molar-refractivity contribution in [1.29, 1.82) is 0 Å². The summed E-state index contributed by atoms with van der Waals surface area (Å²) < 4.78 is 28.1. The molecule has 0 fully saturated rings. The highest BCUT2D eigenvalue weighted by atomic mass is 32.2. The maximum atomic E-state index is 13.4. The van der Waals surface area contributed by atoms with E-state index in [1.807, 2.05) is 55.5 Å². The minimum Gasteiger partial charge on any atom is -0.310 e. The Balaban J connectivity index is 1.58. The maximum Gasteiger partial charge on any atom is 0.265 e. The third-order valence-electron chi connectivity index (χ3n) is 5.63. The SMILES string of the molecule is Cc1ccc2c(c1)-c1ccccc1S(=O)(=O)N2CC(=O)N1CCc2ccccc21. The summed E-state index contributed by atoms with van der Waals surface area (Å²) in [5, 5.41) is 0. The van der Waals surface area contributed by atoms with Gasteiger partial charge in [-0.1, -0.05) is 48.0 Å². The van der Waals surface area contributed by atoms with Gasteiger partial charge in [-0.15, -0.1) is 0 Å². The van der Waals surface area contributed by atoms with Crippen LogP contribution < -0.4 is 9.21 Å². The van der Waals surface area contributed by atoms with Crippen molar-refractivity contribution in [2.45, 2.75) is 18.2 Å². The molecule has 2 heterocycles. The van der Waals surface area contributed by atoms with Crippen molar-refractivity contribution >= 4 is 27.3 Å². The largest absolute Gasteiger partial charge is 0.310 e. The summed E-state index contributed by atoms with van der Waals surface area (Å²) in [5.41, 5.74) is 5.10. The standard InChI is InChI=1S/C23H20N2O3S/c1-16-10-11-21-19(14-16)18-7-3-5-9-22(18)29(27,28)25(21)15-23(26)24-13-12-17-6-2-4-8-20(17)24/h2-11,14H,12-13,15H2,1H3. The molecule has 0 bridgehead atoms. The van der Waals surface area contributed by atoms with E-state index in [1.165, 1.54) is 4.31 Å². The summed E-state index contributed by atoms with van der Waals surface area (Å²) in [5.74, 6) is -0.218. The molecule has 0 N–H and O–H groups in total. The molecule has 146 valence electrons. The van der Waals surface area contributed by atoms with Crippen molar-refractivity contribution < 1.29 is 13.2 Å². The molecule has 0 aromatic heterocycles. The third-order valence-corrected chi connectivity index (χ3v) is 7.45. The molecular formula is C23H20N2O3S. The highest BCUT2D eigenvalue weighted by Crippen LogP contribution is 2.43. The molecule has 3 aromatic carbocycles. The number of sulfonamides is 1. The van der Waals surface area contributed by atoms with Gasteiger partial charge in [-0.3, -0.25) is 9.10 Å². The van der Waals surface area contributed by atoms with E-state index in [0.29, 0.717) is 17.8 Å². The van der Waals surface area contributed by atoms with Crippen LogP contribution in [0.25, 0.3) is 11.1 Å². The highest BCUT2D eigenvalue weighted by molar-refractivity contribution is 7.93. The van der Waals surface area contributed by atoms with Crippen molar-refractivity contribution in [1.82, 2.24) is 0 Å². The summed E-state index contributed by atoms with van der Waals surface area (Å²) in [6, 6.07) is 20.4. The zero-order chi connectivity index (χ0) is 20.2. The summed E-state index contributed by atoms with van der Waals surface area (Å²) in [7, 11) is -3.83. The molecule has 2 aliphatic rings. The Kier molecular flexibility index (Phi) is 3.99. The number of amides is 1. The fourth-order valence-electron chi connectivity index (χ4n) is 4.22. The monoisotopic (exact) mass is 404 g/mol. The van der Waals surface area contributed by atoms with Crippen LogP contribution in [-0.2, 0) is 21.2 Å². The molecule has 0 radical (unpaired) electrons. The lowest BCUT2D eigenvalue weighted by Crippen LogP contribution is -2.44. The van der Waals surface area contributed by atoms with Gasteiger partial charge in [-0.25, -0.2) is 8.42 Å². The summed E-state index contributed by atoms with van der Waals surface area (Å²) in [4.78, 5) is 15.1. The quantitative estimate of drug-likeness (QED) is 0.654. The van der Waals surface area contributed by atoms with Crippen LogP contribution in [-0.4, -0.2) is 27.4 Å². The second kappa shape index (κ2) is 6.46. The number of fused-ring (bicyclic) bond motifs is 4. The van der Waals surface area contributed by atoms with Crippen LogP contribution in [0.5, 0.6) is 0 Å². The second-order valence-corrected chi connectivity index (χ2v) is 9.28. The van der Waals surface area contributed by atoms with Gasteiger partial charge >= 0.3 is 0 Å². The molecule has 0 spiro atoms. The molecule has 0 atom stereocenters. The van der Waals surface area contributed by atoms with E-state index in [-0.39, 0.29) is 17.3 Å². The first-order valence-electron chi connectivity index (χ1n) is 9.58. The second-order valence-electron chi connectivity index (χ2n) is 7.45. The van der Waals surface area contributed by atoms with Crippen LogP contribution in [0.15, 0.2) is 71.6 Å². The van der Waals surface area contributed by atoms with Crippen LogP contribution in [0.4, 0.5) is 11.4 Å². The van der Waals surface area contributed by atoms with Gasteiger partial charge in [-0.2, -0.15) is 0 Å². The van der Waals surface area contributed by atoms with Crippen molar-refractivity contribution in [2.75, 3.05) is 22.3 Å². The van der Waals surface area contributed by atoms with Crippen molar-refractivity contribution in [3.63, 3.8) is 0 Å². The van der Waals surface area contributed by atoms with Crippen LogP contribution in [0.2, 0.25) is 0 Å². The number of aryl methyl sites for hydroxylation is 1. The first kappa shape index (κ1) is 17.9. The number of nitrogens with zero attached hydrogens (tertiary/aromatic N) is 2. The minimum atomic E-state index is -3.83. The Labute approximate surface area is 170 Å². The number of para-hydroxylation sites is 1. The average molecular weight is 404 g/mol. The predicted octanol–water partition coefficient (Wildman–Crippen LogP) is 3.76. The number of anilines is 2. The minimum absolute atomic E-state index is 0.218. The summed E-state index contributed by atoms with van der Waals surface area (Å²) >= 11 is 0. The number of carbonyl (C=O) groups excluding carboxylic acids is 1. The molecule has 3 aromatic rings. The molecule has 0 aliphatic carbocycles. The lowest BCUT2D eigenvalue weighted by atomic mass is 10.0. The molecule has 5 nitrogen and oxygen atoms in total. The Hall–Kier alpha value is -3.12. The Bertz CT molecular complexity index is 1250. The molecular weight excluding hydrogens is 384 g/mol. The van der Waals surface area contributed by atoms with E-state index in [0.717, 1.165) is 28.8 Å². The van der Waals surface area contributed by atoms with Gasteiger partial charge in [-0.05, 0) is 43.2 Å². The van der Waals surface area contributed by atoms with Gasteiger partial charge in [0.15, 0.2) is 0 Å². The smallest absolute Gasteiger partial charge is 0.265 e. The van der Waals surface area contributed by atoms with E-state index in [1.54, 1.807) is 23.1 Å². The zero-order valence-electron chi connectivity index (χ0n) is 16.0. The lowest BCUT2D eigenvalue weighted by Gasteiger charge is -2.33. The van der Waals surface area contributed by atoms with Crippen LogP contribution in [0.3, 0.4) is 0 Å². The van der Waals surface area contributed by atoms with Gasteiger partial charge in [0.2, 0.25) is 5.91 Å². The molecule has 1 amide bonds. The van der Waals surface area contributed by atoms with Gasteiger partial charge < -0.3 is 4.90 Å². The lowest BCUT2D eigenvalue weighted by molar-refractivity contribution is -0.117. The van der Waals surface area contributed by atoms with Gasteiger partial charge in [0.1, 0.15) is 6.54 Å². The fourth-order valence-corrected chi connectivity index (χ4v) is 5.86. The summed E-state index contributed by atoms with van der Waals surface area (Å²) in [6.45, 7) is 2.33. The first-order valence-corrected chi connectivity index (χ1v) is 11.0. The van der Waals surface area contributed by atoms with Crippen LogP contribution in [0, 0.1) is 6.92 Å². The van der Waals surface area contributed by atoms with Gasteiger partial charge in [0.05, 0.1) is 10.6 Å². The van der Waals surface area contributed by atoms with Crippen molar-refractivity contribution in [3.8, 4) is 11.1 Å². The number of benzene rings is 3. The third kappa shape index (κ3) is 2.75. The highest BCUT2D eigenvalue weighted by Gasteiger charge is 2.37. The van der Waals surface area contributed by atoms with E-state index >= 15 is 0 Å². The van der Waals surface area contributed by atoms with Crippen LogP contribution in [0.1, 0.15) is 11.1 Å². The molecule has 5 rings (SSSR count). The number of rotatable bonds is 2. The van der Waals surface area contributed by atoms with E-state index < -0.39 is 10.0 Å². The molecule has 0 unspecified atom stereocenters. The number of hydrogen-bond donors (Lipinski definition) is 0. The van der Waals surface area contributed by atoms with Gasteiger partial charge in [0, 0.05) is 23.4 Å². The molecule has 6 heteroatoms. The molecule has 29 heavy (non-hydrogen) atoms. The first-order chi connectivity index (χ1) is 14.0. The maximum absolute atomic E-state index is 13.4. The number of hydrogen-bond acceptors (Lipinski definition) is 3.